The highest BCUT2D eigenvalue weighted by Gasteiger charge is 2.28. The highest BCUT2D eigenvalue weighted by atomic mass is 16.2. The van der Waals surface area contributed by atoms with Gasteiger partial charge in [-0.05, 0) is 50.1 Å². The topological polar surface area (TPSA) is 55.2 Å². The summed E-state index contributed by atoms with van der Waals surface area (Å²) in [6.45, 7) is 10.2. The molecule has 3 aromatic carbocycles. The van der Waals surface area contributed by atoms with Crippen LogP contribution in [0.1, 0.15) is 49.3 Å². The maximum Gasteiger partial charge on any atom is 0.266 e. The minimum atomic E-state index is -0.423. The van der Waals surface area contributed by atoms with E-state index in [4.69, 9.17) is 4.98 Å². The standard InChI is InChI=1S/C29H31N3O2/c1-19(2)28(33)31(18-23-11-7-6-8-12-23)22(5)27-30-25-14-10-9-13-24(25)29(34)32(27)26-16-15-20(3)17-21(26)4/h6-17,19,22H,18H2,1-5H3. The van der Waals surface area contributed by atoms with E-state index in [1.54, 1.807) is 10.6 Å². The molecule has 1 amide bonds. The number of para-hydroxylation sites is 1. The second-order valence-electron chi connectivity index (χ2n) is 9.20. The highest BCUT2D eigenvalue weighted by molar-refractivity contribution is 5.80. The number of aromatic nitrogens is 2. The molecule has 34 heavy (non-hydrogen) atoms. The van der Waals surface area contributed by atoms with Crippen molar-refractivity contribution in [1.29, 1.82) is 0 Å². The van der Waals surface area contributed by atoms with Crippen LogP contribution in [0.4, 0.5) is 0 Å². The fraction of sp³-hybridized carbons (Fsp3) is 0.276. The Balaban J connectivity index is 1.95. The van der Waals surface area contributed by atoms with Crippen molar-refractivity contribution in [3.05, 3.63) is 106 Å². The van der Waals surface area contributed by atoms with Crippen LogP contribution >= 0.6 is 0 Å². The predicted octanol–water partition coefficient (Wildman–Crippen LogP) is 5.75. The molecule has 0 radical (unpaired) electrons. The third kappa shape index (κ3) is 4.51. The third-order valence-corrected chi connectivity index (χ3v) is 6.21. The minimum Gasteiger partial charge on any atom is -0.328 e. The van der Waals surface area contributed by atoms with E-state index in [1.165, 1.54) is 0 Å². The number of nitrogens with zero attached hydrogens (tertiary/aromatic N) is 3. The van der Waals surface area contributed by atoms with Crippen molar-refractivity contribution in [3.63, 3.8) is 0 Å². The second-order valence-corrected chi connectivity index (χ2v) is 9.20. The SMILES string of the molecule is Cc1ccc(-n2c(C(C)N(Cc3ccccc3)C(=O)C(C)C)nc3ccccc3c2=O)c(C)c1. The molecule has 0 aliphatic carbocycles. The molecule has 0 bridgehead atoms. The molecule has 0 fully saturated rings. The van der Waals surface area contributed by atoms with Gasteiger partial charge in [-0.2, -0.15) is 0 Å². The molecule has 1 atom stereocenters. The lowest BCUT2D eigenvalue weighted by Gasteiger charge is -2.32. The quantitative estimate of drug-likeness (QED) is 0.374. The Morgan fingerprint density at radius 1 is 0.941 bits per heavy atom. The first-order valence-corrected chi connectivity index (χ1v) is 11.7. The Morgan fingerprint density at radius 2 is 1.62 bits per heavy atom. The van der Waals surface area contributed by atoms with Gasteiger partial charge in [0.1, 0.15) is 5.82 Å². The molecular formula is C29H31N3O2. The minimum absolute atomic E-state index is 0.0194. The molecule has 5 nitrogen and oxygen atoms in total. The van der Waals surface area contributed by atoms with Crippen molar-refractivity contribution in [2.45, 2.75) is 47.2 Å². The zero-order chi connectivity index (χ0) is 24.4. The molecular weight excluding hydrogens is 422 g/mol. The van der Waals surface area contributed by atoms with Gasteiger partial charge in [-0.3, -0.25) is 14.2 Å². The number of rotatable bonds is 6. The molecule has 1 unspecified atom stereocenters. The van der Waals surface area contributed by atoms with Gasteiger partial charge in [0.05, 0.1) is 22.6 Å². The van der Waals surface area contributed by atoms with Crippen LogP contribution in [0.2, 0.25) is 0 Å². The molecule has 0 N–H and O–H groups in total. The molecule has 1 aromatic heterocycles. The lowest BCUT2D eigenvalue weighted by atomic mass is 10.1. The van der Waals surface area contributed by atoms with Crippen molar-refractivity contribution in [1.82, 2.24) is 14.5 Å². The van der Waals surface area contributed by atoms with Crippen LogP contribution in [0, 0.1) is 19.8 Å². The molecule has 0 saturated carbocycles. The van der Waals surface area contributed by atoms with E-state index in [0.717, 1.165) is 22.4 Å². The van der Waals surface area contributed by atoms with E-state index in [0.29, 0.717) is 23.3 Å². The lowest BCUT2D eigenvalue weighted by molar-refractivity contribution is -0.137. The molecule has 174 valence electrons. The lowest BCUT2D eigenvalue weighted by Crippen LogP contribution is -2.39. The van der Waals surface area contributed by atoms with Crippen molar-refractivity contribution < 1.29 is 4.79 Å². The summed E-state index contributed by atoms with van der Waals surface area (Å²) in [6.07, 6.45) is 0. The van der Waals surface area contributed by atoms with E-state index in [9.17, 15) is 9.59 Å². The zero-order valence-electron chi connectivity index (χ0n) is 20.4. The molecule has 0 spiro atoms. The van der Waals surface area contributed by atoms with Gasteiger partial charge in [-0.1, -0.05) is 74.0 Å². The number of fused-ring (bicyclic) bond motifs is 1. The van der Waals surface area contributed by atoms with E-state index < -0.39 is 6.04 Å². The molecule has 0 aliphatic heterocycles. The van der Waals surface area contributed by atoms with Gasteiger partial charge in [0, 0.05) is 12.5 Å². The molecule has 0 saturated heterocycles. The number of amides is 1. The molecule has 5 heteroatoms. The van der Waals surface area contributed by atoms with Gasteiger partial charge >= 0.3 is 0 Å². The summed E-state index contributed by atoms with van der Waals surface area (Å²) in [6, 6.07) is 22.9. The van der Waals surface area contributed by atoms with Gasteiger partial charge in [0.25, 0.3) is 5.56 Å². The van der Waals surface area contributed by atoms with E-state index in [-0.39, 0.29) is 17.4 Å². The number of aryl methyl sites for hydroxylation is 2. The monoisotopic (exact) mass is 453 g/mol. The normalized spacial score (nSPS) is 12.2. The summed E-state index contributed by atoms with van der Waals surface area (Å²) in [5, 5.41) is 0.559. The Morgan fingerprint density at radius 3 is 2.29 bits per heavy atom. The maximum atomic E-state index is 13.8. The molecule has 1 heterocycles. The first-order chi connectivity index (χ1) is 16.3. The number of benzene rings is 3. The summed E-state index contributed by atoms with van der Waals surface area (Å²) >= 11 is 0. The van der Waals surface area contributed by atoms with Crippen LogP contribution in [0.5, 0.6) is 0 Å². The van der Waals surface area contributed by atoms with Crippen molar-refractivity contribution in [2.75, 3.05) is 0 Å². The summed E-state index contributed by atoms with van der Waals surface area (Å²) in [5.41, 5.74) is 4.43. The van der Waals surface area contributed by atoms with Crippen molar-refractivity contribution in [2.24, 2.45) is 5.92 Å². The summed E-state index contributed by atoms with van der Waals surface area (Å²) in [5.74, 6) is 0.388. The van der Waals surface area contributed by atoms with E-state index in [1.807, 2.05) is 100 Å². The second kappa shape index (κ2) is 9.64. The van der Waals surface area contributed by atoms with Crippen LogP contribution in [0.3, 0.4) is 0 Å². The van der Waals surface area contributed by atoms with Gasteiger partial charge < -0.3 is 4.90 Å². The average Bonchev–Trinajstić information content (AvgIpc) is 2.83. The number of carbonyl (C=O) groups is 1. The summed E-state index contributed by atoms with van der Waals surface area (Å²) in [7, 11) is 0. The Kier molecular flexibility index (Phi) is 6.64. The largest absolute Gasteiger partial charge is 0.328 e. The molecule has 0 aliphatic rings. The number of hydrogen-bond donors (Lipinski definition) is 0. The van der Waals surface area contributed by atoms with Crippen LogP contribution in [0.25, 0.3) is 16.6 Å². The average molecular weight is 454 g/mol. The van der Waals surface area contributed by atoms with Crippen molar-refractivity contribution in [3.8, 4) is 5.69 Å². The molecule has 4 rings (SSSR count). The van der Waals surface area contributed by atoms with Gasteiger partial charge in [-0.25, -0.2) is 4.98 Å². The number of carbonyl (C=O) groups excluding carboxylic acids is 1. The van der Waals surface area contributed by atoms with Crippen molar-refractivity contribution >= 4 is 16.8 Å². The summed E-state index contributed by atoms with van der Waals surface area (Å²) < 4.78 is 1.69. The maximum absolute atomic E-state index is 13.8. The van der Waals surface area contributed by atoms with E-state index >= 15 is 0 Å². The fourth-order valence-electron chi connectivity index (χ4n) is 4.38. The van der Waals surface area contributed by atoms with E-state index in [2.05, 4.69) is 6.07 Å². The first-order valence-electron chi connectivity index (χ1n) is 11.7. The fourth-order valence-corrected chi connectivity index (χ4v) is 4.38. The van der Waals surface area contributed by atoms with Crippen LogP contribution in [-0.2, 0) is 11.3 Å². The molecule has 4 aromatic rings. The highest BCUT2D eigenvalue weighted by Crippen LogP contribution is 2.27. The van der Waals surface area contributed by atoms with Gasteiger partial charge in [0.15, 0.2) is 0 Å². The Hall–Kier alpha value is -3.73. The van der Waals surface area contributed by atoms with Crippen LogP contribution < -0.4 is 5.56 Å². The van der Waals surface area contributed by atoms with Crippen LogP contribution in [0.15, 0.2) is 77.6 Å². The summed E-state index contributed by atoms with van der Waals surface area (Å²) in [4.78, 5) is 34.0. The first kappa shape index (κ1) is 23.4. The van der Waals surface area contributed by atoms with Gasteiger partial charge in [-0.15, -0.1) is 0 Å². The Labute approximate surface area is 200 Å². The number of hydrogen-bond acceptors (Lipinski definition) is 3. The smallest absolute Gasteiger partial charge is 0.266 e. The van der Waals surface area contributed by atoms with Crippen LogP contribution in [-0.4, -0.2) is 20.4 Å². The third-order valence-electron chi connectivity index (χ3n) is 6.21. The zero-order valence-corrected chi connectivity index (χ0v) is 20.4. The predicted molar refractivity (Wildman–Crippen MR) is 137 cm³/mol. The van der Waals surface area contributed by atoms with Gasteiger partial charge in [0.2, 0.25) is 5.91 Å². The Bertz CT molecular complexity index is 1390.